The van der Waals surface area contributed by atoms with E-state index in [4.69, 9.17) is 14.2 Å². The van der Waals surface area contributed by atoms with Gasteiger partial charge in [0.05, 0.1) is 20.3 Å². The first-order chi connectivity index (χ1) is 9.12. The van der Waals surface area contributed by atoms with Gasteiger partial charge in [-0.2, -0.15) is 5.26 Å². The van der Waals surface area contributed by atoms with Crippen molar-refractivity contribution in [2.45, 2.75) is 25.6 Å². The van der Waals surface area contributed by atoms with Crippen molar-refractivity contribution >= 4 is 5.78 Å². The summed E-state index contributed by atoms with van der Waals surface area (Å²) in [7, 11) is 3.09. The van der Waals surface area contributed by atoms with Crippen LogP contribution in [0.25, 0.3) is 0 Å². The molecular weight excluding hydrogens is 246 g/mol. The number of hydrogen-bond donors (Lipinski definition) is 0. The molecule has 0 amide bonds. The highest BCUT2D eigenvalue weighted by Crippen LogP contribution is 2.41. The Kier molecular flexibility index (Phi) is 3.72. The molecule has 0 unspecified atom stereocenters. The van der Waals surface area contributed by atoms with E-state index in [2.05, 4.69) is 6.07 Å². The highest BCUT2D eigenvalue weighted by Gasteiger charge is 2.34. The van der Waals surface area contributed by atoms with E-state index in [0.29, 0.717) is 23.5 Å². The van der Waals surface area contributed by atoms with Crippen molar-refractivity contribution in [3.8, 4) is 17.6 Å². The van der Waals surface area contributed by atoms with Gasteiger partial charge >= 0.3 is 0 Å². The molecule has 1 aliphatic rings. The standard InChI is InChI=1S/C14H15NO4/c1-8(16)12-6-9-10(17-2)4-5-11(18-3)14(9)13(7-15)19-12/h4-5,12-13H,6H2,1-3H3/t12-,13+/m0/s1. The van der Waals surface area contributed by atoms with Crippen LogP contribution < -0.4 is 9.47 Å². The zero-order valence-electron chi connectivity index (χ0n) is 11.1. The van der Waals surface area contributed by atoms with Gasteiger partial charge in [-0.1, -0.05) is 0 Å². The van der Waals surface area contributed by atoms with Gasteiger partial charge < -0.3 is 14.2 Å². The van der Waals surface area contributed by atoms with E-state index in [1.54, 1.807) is 19.2 Å². The lowest BCUT2D eigenvalue weighted by Gasteiger charge is -2.29. The summed E-state index contributed by atoms with van der Waals surface area (Å²) >= 11 is 0. The Morgan fingerprint density at radius 1 is 1.37 bits per heavy atom. The van der Waals surface area contributed by atoms with Gasteiger partial charge in [-0.25, -0.2) is 0 Å². The molecule has 0 N–H and O–H groups in total. The SMILES string of the molecule is COc1ccc(OC)c2c1C[C@@H](C(C)=O)O[C@@H]2C#N. The molecule has 2 atom stereocenters. The van der Waals surface area contributed by atoms with Gasteiger partial charge in [-0.05, 0) is 19.1 Å². The van der Waals surface area contributed by atoms with Crippen LogP contribution in [-0.4, -0.2) is 26.1 Å². The van der Waals surface area contributed by atoms with Crippen LogP contribution in [0.3, 0.4) is 0 Å². The molecule has 2 rings (SSSR count). The van der Waals surface area contributed by atoms with Crippen LogP contribution >= 0.6 is 0 Å². The van der Waals surface area contributed by atoms with Crippen molar-refractivity contribution < 1.29 is 19.0 Å². The summed E-state index contributed by atoms with van der Waals surface area (Å²) in [5.41, 5.74) is 1.46. The second kappa shape index (κ2) is 5.29. The van der Waals surface area contributed by atoms with Crippen molar-refractivity contribution in [1.29, 1.82) is 5.26 Å². The molecule has 0 fully saturated rings. The Hall–Kier alpha value is -2.06. The minimum atomic E-state index is -0.817. The molecule has 0 bridgehead atoms. The van der Waals surface area contributed by atoms with E-state index in [1.807, 2.05) is 0 Å². The highest BCUT2D eigenvalue weighted by atomic mass is 16.5. The molecule has 19 heavy (non-hydrogen) atoms. The van der Waals surface area contributed by atoms with Crippen molar-refractivity contribution in [3.63, 3.8) is 0 Å². The molecule has 0 saturated heterocycles. The summed E-state index contributed by atoms with van der Waals surface area (Å²) < 4.78 is 16.1. The predicted octanol–water partition coefficient (Wildman–Crippen LogP) is 1.80. The summed E-state index contributed by atoms with van der Waals surface area (Å²) in [6.07, 6.45) is -1.04. The lowest BCUT2D eigenvalue weighted by Crippen LogP contribution is -2.31. The maximum atomic E-state index is 11.5. The van der Waals surface area contributed by atoms with Crippen LogP contribution in [0.4, 0.5) is 0 Å². The average Bonchev–Trinajstić information content (AvgIpc) is 2.44. The van der Waals surface area contributed by atoms with E-state index in [0.717, 1.165) is 5.56 Å². The molecule has 1 aromatic carbocycles. The molecule has 0 aromatic heterocycles. The minimum absolute atomic E-state index is 0.101. The van der Waals surface area contributed by atoms with Gasteiger partial charge in [0.15, 0.2) is 11.9 Å². The molecule has 5 heteroatoms. The largest absolute Gasteiger partial charge is 0.496 e. The molecular formula is C14H15NO4. The molecule has 0 saturated carbocycles. The zero-order valence-corrected chi connectivity index (χ0v) is 11.1. The second-order valence-corrected chi connectivity index (χ2v) is 4.31. The molecule has 1 aliphatic heterocycles. The van der Waals surface area contributed by atoms with Gasteiger partial charge in [-0.3, -0.25) is 4.79 Å². The van der Waals surface area contributed by atoms with Crippen LogP contribution in [0.1, 0.15) is 24.2 Å². The number of nitrogens with zero attached hydrogens (tertiary/aromatic N) is 1. The molecule has 1 heterocycles. The first-order valence-electron chi connectivity index (χ1n) is 5.91. The summed E-state index contributed by atoms with van der Waals surface area (Å²) in [5, 5.41) is 9.24. The van der Waals surface area contributed by atoms with Crippen molar-refractivity contribution in [1.82, 2.24) is 0 Å². The van der Waals surface area contributed by atoms with E-state index in [9.17, 15) is 10.1 Å². The fraction of sp³-hybridized carbons (Fsp3) is 0.429. The number of rotatable bonds is 3. The van der Waals surface area contributed by atoms with Crippen LogP contribution in [0.5, 0.6) is 11.5 Å². The zero-order chi connectivity index (χ0) is 14.0. The number of ether oxygens (including phenoxy) is 3. The summed E-state index contributed by atoms with van der Waals surface area (Å²) in [5.74, 6) is 1.12. The van der Waals surface area contributed by atoms with Crippen molar-refractivity contribution in [3.05, 3.63) is 23.3 Å². The Bertz CT molecular complexity index is 547. The number of nitriles is 1. The number of fused-ring (bicyclic) bond motifs is 1. The Labute approximate surface area is 111 Å². The Morgan fingerprint density at radius 3 is 2.53 bits per heavy atom. The van der Waals surface area contributed by atoms with Crippen molar-refractivity contribution in [2.24, 2.45) is 0 Å². The van der Waals surface area contributed by atoms with Gasteiger partial charge in [0.25, 0.3) is 0 Å². The summed E-state index contributed by atoms with van der Waals surface area (Å²) in [4.78, 5) is 11.5. The number of ketones is 1. The Morgan fingerprint density at radius 2 is 2.00 bits per heavy atom. The van der Waals surface area contributed by atoms with E-state index in [-0.39, 0.29) is 5.78 Å². The number of carbonyl (C=O) groups excluding carboxylic acids is 1. The smallest absolute Gasteiger partial charge is 0.174 e. The van der Waals surface area contributed by atoms with Gasteiger partial charge in [0.2, 0.25) is 0 Å². The number of carbonyl (C=O) groups is 1. The first kappa shape index (κ1) is 13.4. The third-order valence-corrected chi connectivity index (χ3v) is 3.24. The number of hydrogen-bond acceptors (Lipinski definition) is 5. The fourth-order valence-electron chi connectivity index (χ4n) is 2.29. The quantitative estimate of drug-likeness (QED) is 0.829. The lowest BCUT2D eigenvalue weighted by molar-refractivity contribution is -0.131. The minimum Gasteiger partial charge on any atom is -0.496 e. The van der Waals surface area contributed by atoms with Crippen LogP contribution in [0.15, 0.2) is 12.1 Å². The van der Waals surface area contributed by atoms with Crippen molar-refractivity contribution in [2.75, 3.05) is 14.2 Å². The van der Waals surface area contributed by atoms with Gasteiger partial charge in [0.1, 0.15) is 17.6 Å². The Balaban J connectivity index is 2.59. The third-order valence-electron chi connectivity index (χ3n) is 3.24. The van der Waals surface area contributed by atoms with E-state index >= 15 is 0 Å². The molecule has 0 spiro atoms. The van der Waals surface area contributed by atoms with E-state index < -0.39 is 12.2 Å². The van der Waals surface area contributed by atoms with Crippen LogP contribution in [0, 0.1) is 11.3 Å². The molecule has 0 aliphatic carbocycles. The summed E-state index contributed by atoms with van der Waals surface area (Å²) in [6, 6.07) is 5.57. The lowest BCUT2D eigenvalue weighted by atomic mass is 9.91. The number of Topliss-reactive ketones (excluding diaryl/α,β-unsaturated/α-hetero) is 1. The van der Waals surface area contributed by atoms with Gasteiger partial charge in [-0.15, -0.1) is 0 Å². The monoisotopic (exact) mass is 261 g/mol. The van der Waals surface area contributed by atoms with Crippen LogP contribution in [-0.2, 0) is 16.0 Å². The third kappa shape index (κ3) is 2.27. The number of methoxy groups -OCH3 is 2. The predicted molar refractivity (Wildman–Crippen MR) is 67.2 cm³/mol. The molecule has 100 valence electrons. The maximum absolute atomic E-state index is 11.5. The first-order valence-corrected chi connectivity index (χ1v) is 5.91. The molecule has 0 radical (unpaired) electrons. The highest BCUT2D eigenvalue weighted by molar-refractivity contribution is 5.81. The fourth-order valence-corrected chi connectivity index (χ4v) is 2.29. The average molecular weight is 261 g/mol. The van der Waals surface area contributed by atoms with Crippen LogP contribution in [0.2, 0.25) is 0 Å². The second-order valence-electron chi connectivity index (χ2n) is 4.31. The number of benzene rings is 1. The van der Waals surface area contributed by atoms with E-state index in [1.165, 1.54) is 14.0 Å². The molecule has 5 nitrogen and oxygen atoms in total. The molecule has 1 aromatic rings. The normalized spacial score (nSPS) is 21.2. The topological polar surface area (TPSA) is 68.6 Å². The maximum Gasteiger partial charge on any atom is 0.174 e. The van der Waals surface area contributed by atoms with Gasteiger partial charge in [0, 0.05) is 17.5 Å². The summed E-state index contributed by atoms with van der Waals surface area (Å²) in [6.45, 7) is 1.46.